The van der Waals surface area contributed by atoms with Gasteiger partial charge in [-0.2, -0.15) is 0 Å². The van der Waals surface area contributed by atoms with Crippen LogP contribution in [0.4, 0.5) is 11.4 Å². The second-order valence-electron chi connectivity index (χ2n) is 8.34. The third-order valence-electron chi connectivity index (χ3n) is 6.41. The van der Waals surface area contributed by atoms with Crippen LogP contribution in [-0.2, 0) is 5.41 Å². The number of anilines is 2. The molecule has 0 atom stereocenters. The molecule has 2 nitrogen and oxygen atoms in total. The molecule has 0 aromatic heterocycles. The summed E-state index contributed by atoms with van der Waals surface area (Å²) in [4.78, 5) is 4.40. The molecule has 0 radical (unpaired) electrons. The molecule has 0 saturated carbocycles. The molecule has 28 heavy (non-hydrogen) atoms. The molecule has 2 aromatic carbocycles. The summed E-state index contributed by atoms with van der Waals surface area (Å²) in [6.45, 7) is 0. The van der Waals surface area contributed by atoms with Gasteiger partial charge in [0.1, 0.15) is 0 Å². The highest BCUT2D eigenvalue weighted by molar-refractivity contribution is 5.88. The molecule has 0 heterocycles. The fourth-order valence-electron chi connectivity index (χ4n) is 4.95. The summed E-state index contributed by atoms with van der Waals surface area (Å²) in [5.74, 6) is 0. The molecule has 2 heteroatoms. The molecular weight excluding hydrogens is 340 g/mol. The van der Waals surface area contributed by atoms with E-state index in [0.717, 1.165) is 6.42 Å². The molecule has 2 aromatic rings. The molecule has 3 aliphatic carbocycles. The van der Waals surface area contributed by atoms with Crippen LogP contribution in [0.15, 0.2) is 84.0 Å². The minimum Gasteiger partial charge on any atom is -0.378 e. The second kappa shape index (κ2) is 6.00. The van der Waals surface area contributed by atoms with Crippen LogP contribution in [0.2, 0.25) is 0 Å². The molecule has 5 rings (SSSR count). The summed E-state index contributed by atoms with van der Waals surface area (Å²) in [5, 5.41) is 0. The van der Waals surface area contributed by atoms with Gasteiger partial charge in [-0.15, -0.1) is 0 Å². The van der Waals surface area contributed by atoms with E-state index in [1.165, 1.54) is 44.8 Å². The first kappa shape index (κ1) is 17.1. The number of hydrogen-bond donors (Lipinski definition) is 0. The Morgan fingerprint density at radius 3 is 1.93 bits per heavy atom. The second-order valence-corrected chi connectivity index (χ2v) is 8.34. The molecule has 140 valence electrons. The monoisotopic (exact) mass is 366 g/mol. The highest BCUT2D eigenvalue weighted by Crippen LogP contribution is 2.60. The topological polar surface area (TPSA) is 6.48 Å². The van der Waals surface area contributed by atoms with Crippen molar-refractivity contribution in [2.24, 2.45) is 0 Å². The van der Waals surface area contributed by atoms with Crippen molar-refractivity contribution in [3.63, 3.8) is 0 Å². The van der Waals surface area contributed by atoms with Crippen LogP contribution in [0.3, 0.4) is 0 Å². The van der Waals surface area contributed by atoms with Gasteiger partial charge in [0, 0.05) is 39.6 Å². The normalized spacial score (nSPS) is 17.6. The molecule has 3 aliphatic rings. The largest absolute Gasteiger partial charge is 0.378 e. The third-order valence-corrected chi connectivity index (χ3v) is 6.41. The van der Waals surface area contributed by atoms with Crippen molar-refractivity contribution >= 4 is 11.4 Å². The molecule has 0 N–H and O–H groups in total. The number of fused-ring (bicyclic) bond motifs is 7. The van der Waals surface area contributed by atoms with Crippen LogP contribution in [0.1, 0.15) is 17.5 Å². The molecule has 0 fully saturated rings. The lowest BCUT2D eigenvalue weighted by Gasteiger charge is -2.31. The minimum absolute atomic E-state index is 0.100. The summed E-state index contributed by atoms with van der Waals surface area (Å²) >= 11 is 0. The molecular formula is C26H26N2. The number of rotatable bonds is 2. The smallest absolute Gasteiger partial charge is 0.0505 e. The molecule has 0 saturated heterocycles. The Hall–Kier alpha value is -3.00. The zero-order valence-electron chi connectivity index (χ0n) is 17.0. The van der Waals surface area contributed by atoms with Gasteiger partial charge >= 0.3 is 0 Å². The van der Waals surface area contributed by atoms with Gasteiger partial charge in [0.2, 0.25) is 0 Å². The van der Waals surface area contributed by atoms with Crippen molar-refractivity contribution in [2.45, 2.75) is 11.8 Å². The average molecular weight is 367 g/mol. The van der Waals surface area contributed by atoms with Gasteiger partial charge in [0.25, 0.3) is 0 Å². The van der Waals surface area contributed by atoms with Gasteiger partial charge < -0.3 is 9.80 Å². The summed E-state index contributed by atoms with van der Waals surface area (Å²) in [6.07, 6.45) is 14.5. The Balaban J connectivity index is 1.83. The van der Waals surface area contributed by atoms with E-state index in [2.05, 4.69) is 111 Å². The Kier molecular flexibility index (Phi) is 3.67. The Morgan fingerprint density at radius 2 is 1.36 bits per heavy atom. The summed E-state index contributed by atoms with van der Waals surface area (Å²) < 4.78 is 0. The first-order valence-electron chi connectivity index (χ1n) is 9.92. The van der Waals surface area contributed by atoms with E-state index in [0.29, 0.717) is 0 Å². The Morgan fingerprint density at radius 1 is 0.750 bits per heavy atom. The quantitative estimate of drug-likeness (QED) is 0.695. The van der Waals surface area contributed by atoms with Gasteiger partial charge in [-0.25, -0.2) is 0 Å². The van der Waals surface area contributed by atoms with Gasteiger partial charge in [0.15, 0.2) is 0 Å². The van der Waals surface area contributed by atoms with Crippen molar-refractivity contribution in [3.05, 3.63) is 95.1 Å². The van der Waals surface area contributed by atoms with Crippen molar-refractivity contribution in [1.29, 1.82) is 0 Å². The molecule has 0 amide bonds. The summed E-state index contributed by atoms with van der Waals surface area (Å²) in [7, 11) is 8.48. The van der Waals surface area contributed by atoms with Crippen LogP contribution in [-0.4, -0.2) is 28.2 Å². The highest BCUT2D eigenvalue weighted by Gasteiger charge is 2.48. The zero-order chi connectivity index (χ0) is 19.5. The number of nitrogens with zero attached hydrogens (tertiary/aromatic N) is 2. The Bertz CT molecular complexity index is 1040. The van der Waals surface area contributed by atoms with Crippen LogP contribution >= 0.6 is 0 Å². The van der Waals surface area contributed by atoms with Gasteiger partial charge in [-0.3, -0.25) is 0 Å². The number of allylic oxidation sites excluding steroid dienone is 8. The fourth-order valence-corrected chi connectivity index (χ4v) is 4.95. The van der Waals surface area contributed by atoms with E-state index < -0.39 is 0 Å². The number of benzene rings is 2. The Labute approximate surface area is 167 Å². The van der Waals surface area contributed by atoms with Crippen molar-refractivity contribution in [2.75, 3.05) is 38.0 Å². The maximum atomic E-state index is 2.42. The predicted molar refractivity (Wildman–Crippen MR) is 120 cm³/mol. The standard InChI is InChI=1S/C26H26N2/c1-27(2)19-10-12-21-22-13-11-20(28(3)4)17-25(22)26(24(21)16-19)15-14-18-8-6-5-7-9-23(18)26/h5-14,16-17H,15H2,1-4H3. The lowest BCUT2D eigenvalue weighted by molar-refractivity contribution is 0.667. The molecule has 1 spiro atoms. The average Bonchev–Trinajstić information content (AvgIpc) is 3.07. The van der Waals surface area contributed by atoms with Crippen molar-refractivity contribution < 1.29 is 0 Å². The highest BCUT2D eigenvalue weighted by atomic mass is 15.1. The summed E-state index contributed by atoms with van der Waals surface area (Å²) in [5.41, 5.74) is 10.8. The van der Waals surface area contributed by atoms with E-state index in [9.17, 15) is 0 Å². The zero-order valence-corrected chi connectivity index (χ0v) is 17.0. The van der Waals surface area contributed by atoms with E-state index in [-0.39, 0.29) is 5.41 Å². The third kappa shape index (κ3) is 2.21. The summed E-state index contributed by atoms with van der Waals surface area (Å²) in [6, 6.07) is 13.9. The van der Waals surface area contributed by atoms with Crippen LogP contribution < -0.4 is 9.80 Å². The van der Waals surface area contributed by atoms with E-state index in [1.54, 1.807) is 0 Å². The molecule has 0 aliphatic heterocycles. The maximum Gasteiger partial charge on any atom is 0.0505 e. The van der Waals surface area contributed by atoms with E-state index in [4.69, 9.17) is 0 Å². The first-order valence-corrected chi connectivity index (χ1v) is 9.92. The van der Waals surface area contributed by atoms with Crippen LogP contribution in [0.25, 0.3) is 11.1 Å². The maximum absolute atomic E-state index is 2.42. The fraction of sp³-hybridized carbons (Fsp3) is 0.231. The van der Waals surface area contributed by atoms with Gasteiger partial charge in [-0.05, 0) is 64.1 Å². The van der Waals surface area contributed by atoms with Crippen molar-refractivity contribution in [1.82, 2.24) is 0 Å². The SMILES string of the molecule is CN(C)c1ccc2c(c1)C1(CC=C3C=CC=CC=C31)c1cc(N(C)C)ccc1-2. The number of hydrogen-bond acceptors (Lipinski definition) is 2. The van der Waals surface area contributed by atoms with Crippen LogP contribution in [0.5, 0.6) is 0 Å². The van der Waals surface area contributed by atoms with E-state index >= 15 is 0 Å². The van der Waals surface area contributed by atoms with Crippen LogP contribution in [0, 0.1) is 0 Å². The first-order chi connectivity index (χ1) is 13.5. The predicted octanol–water partition coefficient (Wildman–Crippen LogP) is 5.47. The van der Waals surface area contributed by atoms with E-state index in [1.807, 2.05) is 0 Å². The minimum atomic E-state index is -0.100. The molecule has 0 unspecified atom stereocenters. The van der Waals surface area contributed by atoms with Gasteiger partial charge in [0.05, 0.1) is 5.41 Å². The van der Waals surface area contributed by atoms with Crippen molar-refractivity contribution in [3.8, 4) is 11.1 Å². The lowest BCUT2D eigenvalue weighted by Crippen LogP contribution is -2.25. The van der Waals surface area contributed by atoms with Gasteiger partial charge in [-0.1, -0.05) is 48.6 Å². The lowest BCUT2D eigenvalue weighted by atomic mass is 9.71. The molecule has 0 bridgehead atoms.